The van der Waals surface area contributed by atoms with Crippen LogP contribution in [0.4, 0.5) is 10.1 Å². The van der Waals surface area contributed by atoms with Crippen molar-refractivity contribution in [3.8, 4) is 10.4 Å². The number of aromatic nitrogens is 2. The van der Waals surface area contributed by atoms with Crippen LogP contribution in [0, 0.1) is 19.7 Å². The summed E-state index contributed by atoms with van der Waals surface area (Å²) in [6.45, 7) is 3.91. The second-order valence-electron chi connectivity index (χ2n) is 7.93. The van der Waals surface area contributed by atoms with Gasteiger partial charge in [0.2, 0.25) is 5.91 Å². The number of nitrogens with zero attached hydrogens (tertiary/aromatic N) is 3. The van der Waals surface area contributed by atoms with Crippen molar-refractivity contribution in [2.24, 2.45) is 7.05 Å². The number of carbonyl (C=O) groups is 1. The summed E-state index contributed by atoms with van der Waals surface area (Å²) in [6, 6.07) is 6.08. The van der Waals surface area contributed by atoms with Crippen LogP contribution in [0.5, 0.6) is 0 Å². The summed E-state index contributed by atoms with van der Waals surface area (Å²) in [6.07, 6.45) is 0.224. The van der Waals surface area contributed by atoms with E-state index in [9.17, 15) is 17.6 Å². The third-order valence-corrected chi connectivity index (χ3v) is 8.88. The molecule has 2 aromatic heterocycles. The summed E-state index contributed by atoms with van der Waals surface area (Å²) >= 11 is 7.26. The molecule has 1 fully saturated rings. The van der Waals surface area contributed by atoms with E-state index < -0.39 is 34.0 Å². The Kier molecular flexibility index (Phi) is 6.36. The van der Waals surface area contributed by atoms with Crippen LogP contribution in [0.3, 0.4) is 0 Å². The molecule has 176 valence electrons. The van der Waals surface area contributed by atoms with Gasteiger partial charge in [0.05, 0.1) is 16.8 Å². The maximum Gasteiger partial charge on any atom is 0.280 e. The summed E-state index contributed by atoms with van der Waals surface area (Å²) in [7, 11) is -0.673. The fourth-order valence-corrected chi connectivity index (χ4v) is 6.64. The van der Waals surface area contributed by atoms with Gasteiger partial charge in [-0.3, -0.25) is 9.48 Å². The van der Waals surface area contributed by atoms with Gasteiger partial charge in [0.15, 0.2) is 0 Å². The number of amides is 1. The Morgan fingerprint density at radius 2 is 2.00 bits per heavy atom. The first-order valence-electron chi connectivity index (χ1n) is 10.1. The summed E-state index contributed by atoms with van der Waals surface area (Å²) in [5, 5.41) is 6.95. The predicted octanol–water partition coefficient (Wildman–Crippen LogP) is 3.78. The number of hydrogen-bond acceptors (Lipinski definition) is 5. The van der Waals surface area contributed by atoms with Crippen LogP contribution in [-0.2, 0) is 22.1 Å². The lowest BCUT2D eigenvalue weighted by atomic mass is 10.1. The number of aryl methyl sites for hydroxylation is 2. The molecule has 3 aromatic rings. The molecule has 1 aliphatic heterocycles. The maximum absolute atomic E-state index is 13.4. The molecular weight excluding hydrogens is 489 g/mol. The Hall–Kier alpha value is -2.31. The first-order valence-corrected chi connectivity index (χ1v) is 12.7. The average molecular weight is 512 g/mol. The fraction of sp³-hybridized carbons (Fsp3) is 0.333. The summed E-state index contributed by atoms with van der Waals surface area (Å²) in [4.78, 5) is 14.7. The van der Waals surface area contributed by atoms with Gasteiger partial charge in [-0.15, -0.1) is 11.3 Å². The van der Waals surface area contributed by atoms with Crippen molar-refractivity contribution in [1.82, 2.24) is 18.8 Å². The molecule has 1 amide bonds. The summed E-state index contributed by atoms with van der Waals surface area (Å²) in [5.74, 6) is -1.13. The van der Waals surface area contributed by atoms with E-state index in [1.54, 1.807) is 0 Å². The predicted molar refractivity (Wildman–Crippen MR) is 127 cm³/mol. The Morgan fingerprint density at radius 1 is 1.27 bits per heavy atom. The number of likely N-dealkylation sites (N-methyl/N-ethyl adjacent to an activating group) is 1. The van der Waals surface area contributed by atoms with Gasteiger partial charge in [0, 0.05) is 40.8 Å². The van der Waals surface area contributed by atoms with Gasteiger partial charge >= 0.3 is 0 Å². The second-order valence-corrected chi connectivity index (χ2v) is 11.2. The van der Waals surface area contributed by atoms with Crippen molar-refractivity contribution in [2.45, 2.75) is 32.4 Å². The van der Waals surface area contributed by atoms with Gasteiger partial charge in [-0.25, -0.2) is 4.39 Å². The first kappa shape index (κ1) is 23.8. The minimum atomic E-state index is -3.90. The van der Waals surface area contributed by atoms with Crippen molar-refractivity contribution in [2.75, 3.05) is 12.4 Å². The molecule has 2 unspecified atom stereocenters. The molecule has 0 spiro atoms. The molecule has 0 aliphatic carbocycles. The van der Waals surface area contributed by atoms with E-state index in [4.69, 9.17) is 11.6 Å². The standard InChI is InChI=1S/C21H23ClFN5O3S2/c1-11-20(12(2)27(3)25-11)19-8-7-18(32-19)16-10-17(28(4)33(30,31)26-16)21(29)24-13-5-6-15(23)14(22)9-13/h5-9,16-17,26H,10H2,1-4H3,(H,24,29). The molecule has 0 radical (unpaired) electrons. The Labute approximate surface area is 200 Å². The minimum absolute atomic E-state index is 0.135. The van der Waals surface area contributed by atoms with Gasteiger partial charge in [-0.2, -0.15) is 22.5 Å². The lowest BCUT2D eigenvalue weighted by Crippen LogP contribution is -2.55. The van der Waals surface area contributed by atoms with E-state index in [-0.39, 0.29) is 17.1 Å². The highest BCUT2D eigenvalue weighted by molar-refractivity contribution is 7.87. The monoisotopic (exact) mass is 511 g/mol. The summed E-state index contributed by atoms with van der Waals surface area (Å²) < 4.78 is 44.5. The highest BCUT2D eigenvalue weighted by Crippen LogP contribution is 2.38. The van der Waals surface area contributed by atoms with Crippen LogP contribution in [0.15, 0.2) is 30.3 Å². The van der Waals surface area contributed by atoms with Gasteiger partial charge in [0.1, 0.15) is 11.9 Å². The Balaban J connectivity index is 1.60. The maximum atomic E-state index is 13.4. The Morgan fingerprint density at radius 3 is 2.64 bits per heavy atom. The first-order chi connectivity index (χ1) is 15.5. The number of halogens is 2. The molecule has 1 aromatic carbocycles. The highest BCUT2D eigenvalue weighted by atomic mass is 35.5. The third kappa shape index (κ3) is 4.56. The molecule has 2 atom stereocenters. The molecule has 1 aliphatic rings. The number of nitrogens with one attached hydrogen (secondary N) is 2. The van der Waals surface area contributed by atoms with E-state index in [1.165, 1.54) is 30.5 Å². The summed E-state index contributed by atoms with van der Waals surface area (Å²) in [5.41, 5.74) is 3.21. The number of anilines is 1. The molecular formula is C21H23ClFN5O3S2. The van der Waals surface area contributed by atoms with E-state index >= 15 is 0 Å². The van der Waals surface area contributed by atoms with Crippen LogP contribution in [-0.4, -0.2) is 41.5 Å². The number of thiophene rings is 1. The van der Waals surface area contributed by atoms with Gasteiger partial charge in [-0.1, -0.05) is 11.6 Å². The van der Waals surface area contributed by atoms with Crippen LogP contribution >= 0.6 is 22.9 Å². The quantitative estimate of drug-likeness (QED) is 0.557. The number of benzene rings is 1. The minimum Gasteiger partial charge on any atom is -0.325 e. The van der Waals surface area contributed by atoms with Crippen LogP contribution < -0.4 is 10.0 Å². The van der Waals surface area contributed by atoms with Crippen LogP contribution in [0.2, 0.25) is 5.02 Å². The zero-order valence-corrected chi connectivity index (χ0v) is 20.8. The van der Waals surface area contributed by atoms with E-state index in [1.807, 2.05) is 37.7 Å². The zero-order valence-electron chi connectivity index (χ0n) is 18.4. The van der Waals surface area contributed by atoms with Crippen molar-refractivity contribution in [3.63, 3.8) is 0 Å². The molecule has 33 heavy (non-hydrogen) atoms. The van der Waals surface area contributed by atoms with E-state index in [0.29, 0.717) is 0 Å². The molecule has 1 saturated heterocycles. The molecule has 8 nitrogen and oxygen atoms in total. The molecule has 0 saturated carbocycles. The number of hydrogen-bond donors (Lipinski definition) is 2. The normalized spacial score (nSPS) is 20.7. The third-order valence-electron chi connectivity index (χ3n) is 5.78. The van der Waals surface area contributed by atoms with E-state index in [2.05, 4.69) is 15.1 Å². The van der Waals surface area contributed by atoms with Crippen LogP contribution in [0.1, 0.15) is 28.7 Å². The van der Waals surface area contributed by atoms with Gasteiger partial charge in [-0.05, 0) is 50.6 Å². The lowest BCUT2D eigenvalue weighted by Gasteiger charge is -2.35. The molecule has 4 rings (SSSR count). The van der Waals surface area contributed by atoms with Crippen molar-refractivity contribution in [1.29, 1.82) is 0 Å². The van der Waals surface area contributed by atoms with Crippen molar-refractivity contribution >= 4 is 44.7 Å². The molecule has 2 N–H and O–H groups in total. The molecule has 3 heterocycles. The lowest BCUT2D eigenvalue weighted by molar-refractivity contribution is -0.120. The fourth-order valence-electron chi connectivity index (χ4n) is 3.90. The number of carbonyl (C=O) groups excluding carboxylic acids is 1. The smallest absolute Gasteiger partial charge is 0.280 e. The highest BCUT2D eigenvalue weighted by Gasteiger charge is 2.41. The average Bonchev–Trinajstić information content (AvgIpc) is 3.31. The van der Waals surface area contributed by atoms with Crippen molar-refractivity contribution < 1.29 is 17.6 Å². The van der Waals surface area contributed by atoms with Crippen molar-refractivity contribution in [3.05, 3.63) is 57.4 Å². The van der Waals surface area contributed by atoms with Crippen LogP contribution in [0.25, 0.3) is 10.4 Å². The second kappa shape index (κ2) is 8.80. The zero-order chi connectivity index (χ0) is 24.1. The topological polar surface area (TPSA) is 96.3 Å². The molecule has 12 heteroatoms. The largest absolute Gasteiger partial charge is 0.325 e. The van der Waals surface area contributed by atoms with Gasteiger partial charge < -0.3 is 5.32 Å². The van der Waals surface area contributed by atoms with Gasteiger partial charge in [0.25, 0.3) is 10.2 Å². The van der Waals surface area contributed by atoms with E-state index in [0.717, 1.165) is 37.1 Å². The Bertz CT molecular complexity index is 1340. The molecule has 0 bridgehead atoms. The number of rotatable bonds is 4. The SMILES string of the molecule is Cc1nn(C)c(C)c1-c1ccc(C2CC(C(=O)Nc3ccc(F)c(Cl)c3)N(C)S(=O)(=O)N2)s1.